The van der Waals surface area contributed by atoms with Gasteiger partial charge in [0.1, 0.15) is 11.5 Å². The molecule has 5 heteroatoms. The topological polar surface area (TPSA) is 55.1 Å². The molecule has 0 radical (unpaired) electrons. The molecule has 0 unspecified atom stereocenters. The van der Waals surface area contributed by atoms with Crippen LogP contribution in [0.3, 0.4) is 0 Å². The van der Waals surface area contributed by atoms with Crippen LogP contribution in [-0.2, 0) is 12.8 Å². The van der Waals surface area contributed by atoms with E-state index in [0.717, 1.165) is 36.1 Å². The smallest absolute Gasteiger partial charge is 0.356 e. The molecule has 0 atom stereocenters. The average Bonchev–Trinajstić information content (AvgIpc) is 2.81. The fourth-order valence-electron chi connectivity index (χ4n) is 2.76. The summed E-state index contributed by atoms with van der Waals surface area (Å²) in [5, 5.41) is 13.4. The molecule has 4 nitrogen and oxygen atoms in total. The summed E-state index contributed by atoms with van der Waals surface area (Å²) >= 11 is 0. The van der Waals surface area contributed by atoms with Crippen molar-refractivity contribution >= 4 is 5.97 Å². The first kappa shape index (κ1) is 12.8. The molecule has 0 aliphatic heterocycles. The van der Waals surface area contributed by atoms with Gasteiger partial charge in [-0.1, -0.05) is 6.07 Å². The van der Waals surface area contributed by atoms with E-state index in [9.17, 15) is 14.3 Å². The second-order valence-electron chi connectivity index (χ2n) is 5.15. The maximum absolute atomic E-state index is 14.0. The van der Waals surface area contributed by atoms with Gasteiger partial charge in [-0.15, -0.1) is 0 Å². The Bertz CT molecular complexity index is 691. The lowest BCUT2D eigenvalue weighted by atomic mass is 9.95. The number of hydrogen-bond acceptors (Lipinski definition) is 2. The monoisotopic (exact) mass is 274 g/mol. The minimum Gasteiger partial charge on any atom is -0.476 e. The number of carbonyl (C=O) groups is 1. The molecule has 1 aromatic heterocycles. The summed E-state index contributed by atoms with van der Waals surface area (Å²) in [5.41, 5.74) is 2.89. The first-order chi connectivity index (χ1) is 9.58. The van der Waals surface area contributed by atoms with E-state index >= 15 is 0 Å². The number of hydrogen-bond donors (Lipinski definition) is 1. The lowest BCUT2D eigenvalue weighted by Crippen LogP contribution is -2.09. The number of carboxylic acids is 1. The molecule has 1 aromatic carbocycles. The van der Waals surface area contributed by atoms with Gasteiger partial charge in [-0.05, 0) is 50.3 Å². The molecule has 20 heavy (non-hydrogen) atoms. The van der Waals surface area contributed by atoms with E-state index in [1.807, 2.05) is 6.92 Å². The molecule has 1 heterocycles. The van der Waals surface area contributed by atoms with Crippen molar-refractivity contribution in [3.05, 3.63) is 46.5 Å². The van der Waals surface area contributed by atoms with Crippen molar-refractivity contribution in [1.29, 1.82) is 0 Å². The molecule has 3 rings (SSSR count). The minimum absolute atomic E-state index is 0.0561. The van der Waals surface area contributed by atoms with E-state index < -0.39 is 5.97 Å². The molecule has 0 bridgehead atoms. The summed E-state index contributed by atoms with van der Waals surface area (Å²) in [4.78, 5) is 11.3. The van der Waals surface area contributed by atoms with Gasteiger partial charge in [0.2, 0.25) is 0 Å². The summed E-state index contributed by atoms with van der Waals surface area (Å²) in [6.07, 6.45) is 3.37. The van der Waals surface area contributed by atoms with Crippen molar-refractivity contribution in [2.45, 2.75) is 32.6 Å². The Morgan fingerprint density at radius 3 is 2.85 bits per heavy atom. The van der Waals surface area contributed by atoms with Crippen molar-refractivity contribution in [1.82, 2.24) is 9.78 Å². The van der Waals surface area contributed by atoms with E-state index in [1.54, 1.807) is 12.1 Å². The SMILES string of the molecule is Cc1ccc(F)c(-n2nc(C(=O)O)c3c2CCCC3)c1. The van der Waals surface area contributed by atoms with Gasteiger partial charge < -0.3 is 5.11 Å². The van der Waals surface area contributed by atoms with Gasteiger partial charge in [0.15, 0.2) is 5.69 Å². The lowest BCUT2D eigenvalue weighted by molar-refractivity contribution is 0.0688. The van der Waals surface area contributed by atoms with Crippen molar-refractivity contribution in [2.75, 3.05) is 0 Å². The summed E-state index contributed by atoms with van der Waals surface area (Å²) in [5.74, 6) is -1.43. The number of carboxylic acid groups (broad SMARTS) is 1. The molecule has 1 N–H and O–H groups in total. The third-order valence-electron chi connectivity index (χ3n) is 3.71. The van der Waals surface area contributed by atoms with Gasteiger partial charge in [-0.2, -0.15) is 5.10 Å². The van der Waals surface area contributed by atoms with Crippen molar-refractivity contribution in [3.8, 4) is 5.69 Å². The highest BCUT2D eigenvalue weighted by atomic mass is 19.1. The molecular weight excluding hydrogens is 259 g/mol. The van der Waals surface area contributed by atoms with Crippen LogP contribution in [0.2, 0.25) is 0 Å². The summed E-state index contributed by atoms with van der Waals surface area (Å²) in [6.45, 7) is 1.87. The Balaban J connectivity index is 2.23. The third-order valence-corrected chi connectivity index (χ3v) is 3.71. The zero-order valence-corrected chi connectivity index (χ0v) is 11.2. The Kier molecular flexibility index (Phi) is 3.04. The molecule has 1 aliphatic carbocycles. The summed E-state index contributed by atoms with van der Waals surface area (Å²) in [6, 6.07) is 4.78. The first-order valence-electron chi connectivity index (χ1n) is 6.68. The number of aromatic nitrogens is 2. The molecule has 0 saturated carbocycles. The highest BCUT2D eigenvalue weighted by molar-refractivity contribution is 5.87. The zero-order valence-electron chi connectivity index (χ0n) is 11.2. The maximum Gasteiger partial charge on any atom is 0.356 e. The fourth-order valence-corrected chi connectivity index (χ4v) is 2.76. The van der Waals surface area contributed by atoms with E-state index in [4.69, 9.17) is 0 Å². The van der Waals surface area contributed by atoms with Crippen LogP contribution in [-0.4, -0.2) is 20.9 Å². The second-order valence-corrected chi connectivity index (χ2v) is 5.15. The normalized spacial score (nSPS) is 14.1. The van der Waals surface area contributed by atoms with Gasteiger partial charge in [0.05, 0.1) is 0 Å². The Labute approximate surface area is 115 Å². The molecule has 0 fully saturated rings. The van der Waals surface area contributed by atoms with E-state index in [2.05, 4.69) is 5.10 Å². The lowest BCUT2D eigenvalue weighted by Gasteiger charge is -2.14. The van der Waals surface area contributed by atoms with Crippen molar-refractivity contribution in [2.24, 2.45) is 0 Å². The summed E-state index contributed by atoms with van der Waals surface area (Å²) < 4.78 is 15.5. The summed E-state index contributed by atoms with van der Waals surface area (Å²) in [7, 11) is 0. The predicted octanol–water partition coefficient (Wildman–Crippen LogP) is 2.90. The second kappa shape index (κ2) is 4.74. The van der Waals surface area contributed by atoms with E-state index in [-0.39, 0.29) is 11.5 Å². The number of aromatic carboxylic acids is 1. The van der Waals surface area contributed by atoms with E-state index in [0.29, 0.717) is 12.1 Å². The molecule has 0 amide bonds. The van der Waals surface area contributed by atoms with Crippen LogP contribution >= 0.6 is 0 Å². The third kappa shape index (κ3) is 1.99. The number of rotatable bonds is 2. The largest absolute Gasteiger partial charge is 0.476 e. The Morgan fingerprint density at radius 1 is 1.35 bits per heavy atom. The van der Waals surface area contributed by atoms with Gasteiger partial charge >= 0.3 is 5.97 Å². The number of nitrogens with zero attached hydrogens (tertiary/aromatic N) is 2. The Hall–Kier alpha value is -2.17. The zero-order chi connectivity index (χ0) is 14.3. The molecule has 0 spiro atoms. The molecule has 1 aliphatic rings. The predicted molar refractivity (Wildman–Crippen MR) is 71.9 cm³/mol. The van der Waals surface area contributed by atoms with Gasteiger partial charge in [-0.25, -0.2) is 13.9 Å². The van der Waals surface area contributed by atoms with Crippen LogP contribution in [0.25, 0.3) is 5.69 Å². The van der Waals surface area contributed by atoms with Crippen LogP contribution in [0.4, 0.5) is 4.39 Å². The Morgan fingerprint density at radius 2 is 2.10 bits per heavy atom. The van der Waals surface area contributed by atoms with Crippen LogP contribution in [0.5, 0.6) is 0 Å². The number of benzene rings is 1. The van der Waals surface area contributed by atoms with E-state index in [1.165, 1.54) is 10.7 Å². The molecule has 2 aromatic rings. The maximum atomic E-state index is 14.0. The number of fused-ring (bicyclic) bond motifs is 1. The highest BCUT2D eigenvalue weighted by Gasteiger charge is 2.26. The molecule has 104 valence electrons. The van der Waals surface area contributed by atoms with Crippen LogP contribution in [0.1, 0.15) is 40.2 Å². The standard InChI is InChI=1S/C15H15FN2O2/c1-9-6-7-11(16)13(8-9)18-12-5-3-2-4-10(12)14(17-18)15(19)20/h6-8H,2-5H2,1H3,(H,19,20). The van der Waals surface area contributed by atoms with Crippen LogP contribution < -0.4 is 0 Å². The van der Waals surface area contributed by atoms with Gasteiger partial charge in [0.25, 0.3) is 0 Å². The highest BCUT2D eigenvalue weighted by Crippen LogP contribution is 2.28. The fraction of sp³-hybridized carbons (Fsp3) is 0.333. The van der Waals surface area contributed by atoms with Gasteiger partial charge in [0, 0.05) is 11.3 Å². The molecule has 0 saturated heterocycles. The van der Waals surface area contributed by atoms with Gasteiger partial charge in [-0.3, -0.25) is 0 Å². The molecular formula is C15H15FN2O2. The number of aryl methyl sites for hydroxylation is 1. The number of halogens is 1. The van der Waals surface area contributed by atoms with Crippen LogP contribution in [0.15, 0.2) is 18.2 Å². The minimum atomic E-state index is -1.05. The first-order valence-corrected chi connectivity index (χ1v) is 6.68. The average molecular weight is 274 g/mol. The van der Waals surface area contributed by atoms with Crippen molar-refractivity contribution in [3.63, 3.8) is 0 Å². The van der Waals surface area contributed by atoms with Crippen molar-refractivity contribution < 1.29 is 14.3 Å². The van der Waals surface area contributed by atoms with Crippen LogP contribution in [0, 0.1) is 12.7 Å². The quantitative estimate of drug-likeness (QED) is 0.916.